The van der Waals surface area contributed by atoms with E-state index in [-0.39, 0.29) is 6.04 Å². The van der Waals surface area contributed by atoms with E-state index in [1.165, 1.54) is 12.1 Å². The third kappa shape index (κ3) is 5.15. The van der Waals surface area contributed by atoms with Crippen molar-refractivity contribution in [1.29, 1.82) is 0 Å². The molecule has 0 aromatic heterocycles. The zero-order valence-corrected chi connectivity index (χ0v) is 12.5. The Labute approximate surface area is 119 Å². The van der Waals surface area contributed by atoms with Crippen LogP contribution < -0.4 is 5.32 Å². The van der Waals surface area contributed by atoms with Crippen LogP contribution in [-0.4, -0.2) is 11.0 Å². The summed E-state index contributed by atoms with van der Waals surface area (Å²) in [4.78, 5) is 9.88. The van der Waals surface area contributed by atoms with E-state index >= 15 is 0 Å². The SMILES string of the molecule is CC(C)CC(CC(C)C)Nc1ccc([N+](=O)[O-])c(F)c1. The predicted molar refractivity (Wildman–Crippen MR) is 79.4 cm³/mol. The minimum atomic E-state index is -0.798. The van der Waals surface area contributed by atoms with E-state index in [1.54, 1.807) is 6.07 Å². The van der Waals surface area contributed by atoms with Crippen molar-refractivity contribution in [2.75, 3.05) is 5.32 Å². The second-order valence-corrected chi connectivity index (χ2v) is 6.02. The third-order valence-electron chi connectivity index (χ3n) is 3.03. The Morgan fingerprint density at radius 1 is 1.20 bits per heavy atom. The summed E-state index contributed by atoms with van der Waals surface area (Å²) in [6.45, 7) is 8.58. The number of nitrogens with one attached hydrogen (secondary N) is 1. The molecule has 0 aliphatic rings. The molecule has 0 unspecified atom stereocenters. The minimum Gasteiger partial charge on any atom is -0.382 e. The molecule has 0 radical (unpaired) electrons. The molecule has 0 saturated carbocycles. The summed E-state index contributed by atoms with van der Waals surface area (Å²) in [5.41, 5.74) is 0.110. The molecule has 20 heavy (non-hydrogen) atoms. The summed E-state index contributed by atoms with van der Waals surface area (Å²) < 4.78 is 13.6. The van der Waals surface area contributed by atoms with Gasteiger partial charge in [-0.3, -0.25) is 10.1 Å². The van der Waals surface area contributed by atoms with Crippen molar-refractivity contribution in [3.05, 3.63) is 34.1 Å². The number of halogens is 1. The smallest absolute Gasteiger partial charge is 0.304 e. The standard InChI is InChI=1S/C15H23FN2O2/c1-10(2)7-13(8-11(3)4)17-12-5-6-15(18(19)20)14(16)9-12/h5-6,9-11,13,17H,7-8H2,1-4H3. The van der Waals surface area contributed by atoms with E-state index in [1.807, 2.05) is 0 Å². The van der Waals surface area contributed by atoms with Gasteiger partial charge in [-0.15, -0.1) is 0 Å². The molecule has 112 valence electrons. The first-order valence-electron chi connectivity index (χ1n) is 7.00. The molecule has 0 aliphatic heterocycles. The molecule has 1 N–H and O–H groups in total. The second kappa shape index (κ2) is 7.22. The van der Waals surface area contributed by atoms with Crippen LogP contribution >= 0.6 is 0 Å². The molecule has 0 fully saturated rings. The highest BCUT2D eigenvalue weighted by atomic mass is 19.1. The molecule has 0 atom stereocenters. The highest BCUT2D eigenvalue weighted by Crippen LogP contribution is 2.23. The molecule has 0 bridgehead atoms. The Bertz CT molecular complexity index is 451. The molecule has 5 heteroatoms. The van der Waals surface area contributed by atoms with Gasteiger partial charge in [0.05, 0.1) is 4.92 Å². The number of benzene rings is 1. The summed E-state index contributed by atoms with van der Waals surface area (Å²) in [6.07, 6.45) is 1.97. The molecule has 1 aromatic carbocycles. The lowest BCUT2D eigenvalue weighted by atomic mass is 9.95. The van der Waals surface area contributed by atoms with Gasteiger partial charge in [0.25, 0.3) is 0 Å². The molecular formula is C15H23FN2O2. The van der Waals surface area contributed by atoms with Crippen LogP contribution in [0.2, 0.25) is 0 Å². The van der Waals surface area contributed by atoms with E-state index in [0.29, 0.717) is 17.5 Å². The van der Waals surface area contributed by atoms with Gasteiger partial charge in [-0.25, -0.2) is 0 Å². The number of hydrogen-bond donors (Lipinski definition) is 1. The molecule has 1 aromatic rings. The summed E-state index contributed by atoms with van der Waals surface area (Å²) in [5.74, 6) is 0.274. The van der Waals surface area contributed by atoms with Crippen molar-refractivity contribution < 1.29 is 9.31 Å². The van der Waals surface area contributed by atoms with Gasteiger partial charge in [0, 0.05) is 23.9 Å². The van der Waals surface area contributed by atoms with Crippen molar-refractivity contribution >= 4 is 11.4 Å². The summed E-state index contributed by atoms with van der Waals surface area (Å²) in [5, 5.41) is 13.9. The van der Waals surface area contributed by atoms with Crippen molar-refractivity contribution in [3.63, 3.8) is 0 Å². The molecule has 0 saturated heterocycles. The molecule has 0 heterocycles. The zero-order chi connectivity index (χ0) is 15.3. The predicted octanol–water partition coefficient (Wildman–Crippen LogP) is 4.61. The van der Waals surface area contributed by atoms with E-state index in [2.05, 4.69) is 33.0 Å². The highest BCUT2D eigenvalue weighted by Gasteiger charge is 2.17. The van der Waals surface area contributed by atoms with Crippen LogP contribution in [0.3, 0.4) is 0 Å². The molecule has 0 spiro atoms. The maximum absolute atomic E-state index is 13.6. The number of anilines is 1. The average Bonchev–Trinajstić information content (AvgIpc) is 2.26. The summed E-state index contributed by atoms with van der Waals surface area (Å²) >= 11 is 0. The molecular weight excluding hydrogens is 259 g/mol. The number of hydrogen-bond acceptors (Lipinski definition) is 3. The molecule has 0 amide bonds. The lowest BCUT2D eigenvalue weighted by molar-refractivity contribution is -0.387. The first kappa shape index (κ1) is 16.4. The van der Waals surface area contributed by atoms with Gasteiger partial charge in [-0.1, -0.05) is 27.7 Å². The van der Waals surface area contributed by atoms with Crippen LogP contribution in [0.25, 0.3) is 0 Å². The topological polar surface area (TPSA) is 55.2 Å². The summed E-state index contributed by atoms with van der Waals surface area (Å²) in [7, 11) is 0. The van der Waals surface area contributed by atoms with E-state index in [0.717, 1.165) is 12.8 Å². The van der Waals surface area contributed by atoms with Crippen LogP contribution in [0.4, 0.5) is 15.8 Å². The maximum atomic E-state index is 13.6. The van der Waals surface area contributed by atoms with Crippen LogP contribution in [0, 0.1) is 27.8 Å². The fourth-order valence-electron chi connectivity index (χ4n) is 2.33. The fraction of sp³-hybridized carbons (Fsp3) is 0.600. The van der Waals surface area contributed by atoms with Crippen LogP contribution in [0.15, 0.2) is 18.2 Å². The summed E-state index contributed by atoms with van der Waals surface area (Å²) in [6, 6.07) is 4.22. The molecule has 1 rings (SSSR count). The Morgan fingerprint density at radius 2 is 1.75 bits per heavy atom. The number of rotatable bonds is 7. The molecule has 4 nitrogen and oxygen atoms in total. The number of nitro groups is 1. The van der Waals surface area contributed by atoms with Gasteiger partial charge >= 0.3 is 5.69 Å². The third-order valence-corrected chi connectivity index (χ3v) is 3.03. The van der Waals surface area contributed by atoms with E-state index in [9.17, 15) is 14.5 Å². The van der Waals surface area contributed by atoms with Crippen molar-refractivity contribution in [1.82, 2.24) is 0 Å². The Balaban J connectivity index is 2.82. The van der Waals surface area contributed by atoms with Gasteiger partial charge in [0.1, 0.15) is 0 Å². The fourth-order valence-corrected chi connectivity index (χ4v) is 2.33. The lowest BCUT2D eigenvalue weighted by Gasteiger charge is -2.23. The van der Waals surface area contributed by atoms with Gasteiger partial charge in [0.2, 0.25) is 5.82 Å². The van der Waals surface area contributed by atoms with Gasteiger partial charge in [0.15, 0.2) is 0 Å². The molecule has 0 aliphatic carbocycles. The number of nitro benzene ring substituents is 1. The van der Waals surface area contributed by atoms with Crippen molar-refractivity contribution in [2.24, 2.45) is 11.8 Å². The quantitative estimate of drug-likeness (QED) is 0.587. The van der Waals surface area contributed by atoms with Crippen LogP contribution in [0.5, 0.6) is 0 Å². The zero-order valence-electron chi connectivity index (χ0n) is 12.5. The van der Waals surface area contributed by atoms with Gasteiger partial charge in [-0.05, 0) is 30.7 Å². The minimum absolute atomic E-state index is 0.246. The van der Waals surface area contributed by atoms with Crippen molar-refractivity contribution in [3.8, 4) is 0 Å². The Hall–Kier alpha value is -1.65. The Kier molecular flexibility index (Phi) is 5.92. The average molecular weight is 282 g/mol. The first-order chi connectivity index (χ1) is 9.29. The number of nitrogens with zero attached hydrogens (tertiary/aromatic N) is 1. The Morgan fingerprint density at radius 3 is 2.15 bits per heavy atom. The van der Waals surface area contributed by atoms with Crippen LogP contribution in [0.1, 0.15) is 40.5 Å². The highest BCUT2D eigenvalue weighted by molar-refractivity contribution is 5.50. The van der Waals surface area contributed by atoms with Gasteiger partial charge < -0.3 is 5.32 Å². The van der Waals surface area contributed by atoms with Gasteiger partial charge in [-0.2, -0.15) is 4.39 Å². The van der Waals surface area contributed by atoms with E-state index in [4.69, 9.17) is 0 Å². The normalized spacial score (nSPS) is 11.4. The van der Waals surface area contributed by atoms with Crippen LogP contribution in [-0.2, 0) is 0 Å². The first-order valence-corrected chi connectivity index (χ1v) is 7.00. The maximum Gasteiger partial charge on any atom is 0.304 e. The largest absolute Gasteiger partial charge is 0.382 e. The van der Waals surface area contributed by atoms with Crippen molar-refractivity contribution in [2.45, 2.75) is 46.6 Å². The lowest BCUT2D eigenvalue weighted by Crippen LogP contribution is -2.23. The van der Waals surface area contributed by atoms with E-state index < -0.39 is 16.4 Å². The second-order valence-electron chi connectivity index (χ2n) is 6.02. The monoisotopic (exact) mass is 282 g/mol.